The van der Waals surface area contributed by atoms with Gasteiger partial charge in [-0.25, -0.2) is 0 Å². The molecule has 154 valence electrons. The maximum Gasteiger partial charge on any atom is 0.269 e. The number of aliphatic hydroxyl groups is 3. The Kier molecular flexibility index (Phi) is 4.45. The predicted octanol–water partition coefficient (Wildman–Crippen LogP) is 0.464. The fourth-order valence-electron chi connectivity index (χ4n) is 4.31. The number of fused-ring (bicyclic) bond motifs is 2. The maximum absolute atomic E-state index is 13.4. The third-order valence-corrected chi connectivity index (χ3v) is 5.91. The predicted molar refractivity (Wildman–Crippen MR) is 99.4 cm³/mol. The first-order valence-corrected chi connectivity index (χ1v) is 8.99. The van der Waals surface area contributed by atoms with Crippen LogP contribution in [0.5, 0.6) is 11.5 Å². The third kappa shape index (κ3) is 2.29. The van der Waals surface area contributed by atoms with Crippen molar-refractivity contribution in [2.24, 2.45) is 0 Å². The molecule has 8 heteroatoms. The highest BCUT2D eigenvalue weighted by molar-refractivity contribution is 6.00. The summed E-state index contributed by atoms with van der Waals surface area (Å²) in [5, 5.41) is 33.8. The summed E-state index contributed by atoms with van der Waals surface area (Å²) >= 11 is 0. The van der Waals surface area contributed by atoms with Crippen LogP contribution in [0.15, 0.2) is 48.5 Å². The minimum Gasteiger partial charge on any atom is -0.497 e. The normalized spacial score (nSPS) is 35.7. The molecule has 2 aliphatic heterocycles. The summed E-state index contributed by atoms with van der Waals surface area (Å²) in [4.78, 5) is 13.4. The molecule has 2 saturated heterocycles. The standard InChI is InChI=1S/C21H22O8/c1-26-14-8-4-12(5-9-14)19(24)17-16(22)20(25,21(28-3,29-17)18(19)23)13-6-10-15(27-2)11-7-13/h4-11,16-17,22,24-25H,1-3H3/t16-,17-,19-,20+,21-/m1/s1. The molecule has 8 nitrogen and oxygen atoms in total. The number of methoxy groups -OCH3 is 3. The van der Waals surface area contributed by atoms with E-state index in [4.69, 9.17) is 18.9 Å². The molecular weight excluding hydrogens is 380 g/mol. The monoisotopic (exact) mass is 402 g/mol. The van der Waals surface area contributed by atoms with Crippen LogP contribution in [0.3, 0.4) is 0 Å². The number of aliphatic hydroxyl groups excluding tert-OH is 1. The zero-order valence-electron chi connectivity index (χ0n) is 16.2. The minimum atomic E-state index is -2.29. The second kappa shape index (κ2) is 6.51. The van der Waals surface area contributed by atoms with E-state index in [2.05, 4.69) is 0 Å². The van der Waals surface area contributed by atoms with Gasteiger partial charge < -0.3 is 34.3 Å². The Morgan fingerprint density at radius 1 is 0.862 bits per heavy atom. The molecule has 0 aliphatic carbocycles. The Hall–Kier alpha value is -2.49. The molecule has 2 aromatic rings. The van der Waals surface area contributed by atoms with E-state index in [-0.39, 0.29) is 11.1 Å². The van der Waals surface area contributed by atoms with Gasteiger partial charge in [-0.3, -0.25) is 4.79 Å². The van der Waals surface area contributed by atoms with E-state index < -0.39 is 35.0 Å². The largest absolute Gasteiger partial charge is 0.497 e. The van der Waals surface area contributed by atoms with Crippen LogP contribution in [0.1, 0.15) is 11.1 Å². The van der Waals surface area contributed by atoms with E-state index in [1.807, 2.05) is 0 Å². The lowest BCUT2D eigenvalue weighted by Gasteiger charge is -2.44. The average Bonchev–Trinajstić information content (AvgIpc) is 3.15. The highest BCUT2D eigenvalue weighted by Crippen LogP contribution is 2.60. The molecule has 0 radical (unpaired) electrons. The molecule has 2 heterocycles. The van der Waals surface area contributed by atoms with E-state index in [1.165, 1.54) is 45.6 Å². The Labute approximate surface area is 167 Å². The van der Waals surface area contributed by atoms with Crippen LogP contribution in [0.4, 0.5) is 0 Å². The van der Waals surface area contributed by atoms with Gasteiger partial charge in [0.15, 0.2) is 11.2 Å². The number of hydrogen-bond acceptors (Lipinski definition) is 8. The van der Waals surface area contributed by atoms with Crippen molar-refractivity contribution in [2.45, 2.75) is 29.2 Å². The molecule has 0 unspecified atom stereocenters. The van der Waals surface area contributed by atoms with E-state index in [0.717, 1.165) is 0 Å². The van der Waals surface area contributed by atoms with Crippen molar-refractivity contribution in [1.29, 1.82) is 0 Å². The maximum atomic E-state index is 13.4. The number of carbonyl (C=O) groups excluding carboxylic acids is 1. The highest BCUT2D eigenvalue weighted by Gasteiger charge is 2.83. The summed E-state index contributed by atoms with van der Waals surface area (Å²) in [5.74, 6) is -2.12. The molecule has 3 N–H and O–H groups in total. The molecule has 29 heavy (non-hydrogen) atoms. The van der Waals surface area contributed by atoms with Crippen LogP contribution in [-0.2, 0) is 25.5 Å². The smallest absolute Gasteiger partial charge is 0.269 e. The van der Waals surface area contributed by atoms with Crippen LogP contribution in [-0.4, -0.2) is 60.4 Å². The van der Waals surface area contributed by atoms with Crippen molar-refractivity contribution < 1.29 is 39.1 Å². The number of rotatable bonds is 5. The van der Waals surface area contributed by atoms with Gasteiger partial charge in [-0.15, -0.1) is 0 Å². The topological polar surface area (TPSA) is 115 Å². The quantitative estimate of drug-likeness (QED) is 0.661. The van der Waals surface area contributed by atoms with Gasteiger partial charge in [0.05, 0.1) is 14.2 Å². The summed E-state index contributed by atoms with van der Waals surface area (Å²) in [7, 11) is 4.17. The summed E-state index contributed by atoms with van der Waals surface area (Å²) in [6, 6.07) is 12.3. The van der Waals surface area contributed by atoms with E-state index >= 15 is 0 Å². The van der Waals surface area contributed by atoms with E-state index in [0.29, 0.717) is 11.5 Å². The molecular formula is C21H22O8. The van der Waals surface area contributed by atoms with Crippen LogP contribution < -0.4 is 9.47 Å². The van der Waals surface area contributed by atoms with Crippen LogP contribution in [0.25, 0.3) is 0 Å². The number of ketones is 1. The van der Waals surface area contributed by atoms with Gasteiger partial charge in [-0.05, 0) is 35.4 Å². The van der Waals surface area contributed by atoms with Gasteiger partial charge in [0.1, 0.15) is 23.7 Å². The van der Waals surface area contributed by atoms with E-state index in [9.17, 15) is 20.1 Å². The Morgan fingerprint density at radius 3 is 1.79 bits per heavy atom. The van der Waals surface area contributed by atoms with Crippen molar-refractivity contribution >= 4 is 5.78 Å². The Morgan fingerprint density at radius 2 is 1.34 bits per heavy atom. The molecule has 0 spiro atoms. The average molecular weight is 402 g/mol. The SMILES string of the molecule is COc1ccc([C@]2(O)C(=O)[C@@]3(OC)O[C@@H]2[C@@H](O)[C@@]3(O)c2ccc(OC)cc2)cc1. The van der Waals surface area contributed by atoms with Gasteiger partial charge in [-0.2, -0.15) is 0 Å². The van der Waals surface area contributed by atoms with Crippen molar-refractivity contribution in [2.75, 3.05) is 21.3 Å². The summed E-state index contributed by atoms with van der Waals surface area (Å²) in [6.45, 7) is 0. The Bertz CT molecular complexity index is 927. The summed E-state index contributed by atoms with van der Waals surface area (Å²) in [5.41, 5.74) is -4.04. The van der Waals surface area contributed by atoms with Crippen molar-refractivity contribution in [1.82, 2.24) is 0 Å². The molecule has 2 bridgehead atoms. The van der Waals surface area contributed by atoms with Gasteiger partial charge in [0, 0.05) is 7.11 Å². The lowest BCUT2D eigenvalue weighted by molar-refractivity contribution is -0.259. The zero-order chi connectivity index (χ0) is 21.0. The van der Waals surface area contributed by atoms with Gasteiger partial charge in [-0.1, -0.05) is 24.3 Å². The lowest BCUT2D eigenvalue weighted by Crippen LogP contribution is -2.68. The fraction of sp³-hybridized carbons (Fsp3) is 0.381. The zero-order valence-corrected chi connectivity index (χ0v) is 16.2. The van der Waals surface area contributed by atoms with Gasteiger partial charge in [0.25, 0.3) is 5.79 Å². The minimum absolute atomic E-state index is 0.195. The first kappa shape index (κ1) is 19.8. The van der Waals surface area contributed by atoms with Crippen LogP contribution in [0.2, 0.25) is 0 Å². The highest BCUT2D eigenvalue weighted by atomic mass is 16.7. The Balaban J connectivity index is 1.82. The number of carbonyl (C=O) groups is 1. The molecule has 4 rings (SSSR count). The van der Waals surface area contributed by atoms with Crippen molar-refractivity contribution in [3.8, 4) is 11.5 Å². The summed E-state index contributed by atoms with van der Waals surface area (Å²) < 4.78 is 21.3. The molecule has 2 aliphatic rings. The molecule has 0 aromatic heterocycles. The molecule has 5 atom stereocenters. The van der Waals surface area contributed by atoms with Gasteiger partial charge >= 0.3 is 0 Å². The second-order valence-corrected chi connectivity index (χ2v) is 7.12. The molecule has 0 amide bonds. The van der Waals surface area contributed by atoms with Crippen molar-refractivity contribution in [3.63, 3.8) is 0 Å². The first-order chi connectivity index (χ1) is 13.8. The number of hydrogen-bond donors (Lipinski definition) is 3. The van der Waals surface area contributed by atoms with Crippen LogP contribution in [0, 0.1) is 0 Å². The van der Waals surface area contributed by atoms with Gasteiger partial charge in [0.2, 0.25) is 5.78 Å². The lowest BCUT2D eigenvalue weighted by atomic mass is 9.66. The first-order valence-electron chi connectivity index (χ1n) is 8.99. The van der Waals surface area contributed by atoms with Crippen LogP contribution >= 0.6 is 0 Å². The van der Waals surface area contributed by atoms with Crippen molar-refractivity contribution in [3.05, 3.63) is 59.7 Å². The number of benzene rings is 2. The second-order valence-electron chi connectivity index (χ2n) is 7.12. The molecule has 2 aromatic carbocycles. The molecule has 0 saturated carbocycles. The fourth-order valence-corrected chi connectivity index (χ4v) is 4.31. The van der Waals surface area contributed by atoms with E-state index in [1.54, 1.807) is 24.3 Å². The number of ether oxygens (including phenoxy) is 4. The number of Topliss-reactive ketones (excluding diaryl/α,β-unsaturated/α-hetero) is 1. The summed E-state index contributed by atoms with van der Waals surface area (Å²) in [6.07, 6.45) is -3.10. The third-order valence-electron chi connectivity index (χ3n) is 5.91. The molecule has 2 fully saturated rings.